The van der Waals surface area contributed by atoms with Crippen LogP contribution < -0.4 is 5.32 Å². The molecule has 0 radical (unpaired) electrons. The number of furan rings is 2. The Morgan fingerprint density at radius 2 is 1.09 bits per heavy atom. The quantitative estimate of drug-likeness (QED) is 0.307. The van der Waals surface area contributed by atoms with Crippen LogP contribution in [0.2, 0.25) is 0 Å². The van der Waals surface area contributed by atoms with Crippen LogP contribution in [-0.2, 0) is 0 Å². The van der Waals surface area contributed by atoms with Crippen LogP contribution >= 0.6 is 0 Å². The number of hydrogen-bond acceptors (Lipinski definition) is 3. The third kappa shape index (κ3) is 2.76. The van der Waals surface area contributed by atoms with E-state index in [1.807, 2.05) is 42.5 Å². The zero-order valence-electron chi connectivity index (χ0n) is 17.7. The highest BCUT2D eigenvalue weighted by atomic mass is 16.3. The van der Waals surface area contributed by atoms with Gasteiger partial charge in [0.2, 0.25) is 0 Å². The lowest BCUT2D eigenvalue weighted by atomic mass is 9.98. The van der Waals surface area contributed by atoms with Crippen molar-refractivity contribution in [3.05, 3.63) is 109 Å². The van der Waals surface area contributed by atoms with E-state index in [4.69, 9.17) is 8.83 Å². The first-order valence-electron chi connectivity index (χ1n) is 11.0. The van der Waals surface area contributed by atoms with Gasteiger partial charge in [-0.2, -0.15) is 0 Å². The van der Waals surface area contributed by atoms with E-state index in [2.05, 4.69) is 72.0 Å². The highest BCUT2D eigenvalue weighted by Crippen LogP contribution is 2.42. The number of nitrogens with one attached hydrogen (secondary N) is 1. The zero-order chi connectivity index (χ0) is 21.8. The molecule has 1 N–H and O–H groups in total. The summed E-state index contributed by atoms with van der Waals surface area (Å²) in [7, 11) is 0. The fraction of sp³-hybridized carbons (Fsp3) is 0. The minimum Gasteiger partial charge on any atom is -0.454 e. The van der Waals surface area contributed by atoms with E-state index in [1.54, 1.807) is 0 Å². The highest BCUT2D eigenvalue weighted by Gasteiger charge is 2.17. The second kappa shape index (κ2) is 7.01. The maximum absolute atomic E-state index is 6.40. The van der Waals surface area contributed by atoms with Gasteiger partial charge in [-0.15, -0.1) is 0 Å². The molecule has 2 aromatic heterocycles. The van der Waals surface area contributed by atoms with Gasteiger partial charge < -0.3 is 14.2 Å². The van der Waals surface area contributed by atoms with Crippen LogP contribution in [0.5, 0.6) is 0 Å². The van der Waals surface area contributed by atoms with Gasteiger partial charge >= 0.3 is 0 Å². The van der Waals surface area contributed by atoms with Gasteiger partial charge in [-0.05, 0) is 35.4 Å². The van der Waals surface area contributed by atoms with E-state index < -0.39 is 0 Å². The Morgan fingerprint density at radius 3 is 1.94 bits per heavy atom. The largest absolute Gasteiger partial charge is 0.454 e. The molecule has 33 heavy (non-hydrogen) atoms. The van der Waals surface area contributed by atoms with Crippen molar-refractivity contribution in [2.75, 3.05) is 5.32 Å². The summed E-state index contributed by atoms with van der Waals surface area (Å²) in [6.07, 6.45) is 0. The Morgan fingerprint density at radius 1 is 0.455 bits per heavy atom. The monoisotopic (exact) mass is 425 g/mol. The van der Waals surface area contributed by atoms with Gasteiger partial charge in [-0.25, -0.2) is 0 Å². The smallest absolute Gasteiger partial charge is 0.159 e. The SMILES string of the molecule is c1ccc(-c2ccc(Nc3cccc4c3oc3ccccc34)c3oc4ccccc4c23)cc1. The molecule has 0 aliphatic heterocycles. The lowest BCUT2D eigenvalue weighted by Gasteiger charge is -2.10. The molecule has 2 heterocycles. The number of anilines is 2. The average Bonchev–Trinajstić information content (AvgIpc) is 3.45. The molecule has 0 aliphatic rings. The predicted octanol–water partition coefficient (Wildman–Crippen LogP) is 8.90. The molecule has 0 saturated carbocycles. The van der Waals surface area contributed by atoms with Gasteiger partial charge in [0.05, 0.1) is 11.4 Å². The molecule has 0 spiro atoms. The van der Waals surface area contributed by atoms with Gasteiger partial charge in [-0.3, -0.25) is 0 Å². The van der Waals surface area contributed by atoms with E-state index in [9.17, 15) is 0 Å². The Balaban J connectivity index is 1.47. The van der Waals surface area contributed by atoms with E-state index in [-0.39, 0.29) is 0 Å². The van der Waals surface area contributed by atoms with Gasteiger partial charge in [-0.1, -0.05) is 84.9 Å². The maximum Gasteiger partial charge on any atom is 0.159 e. The summed E-state index contributed by atoms with van der Waals surface area (Å²) in [5.41, 5.74) is 7.59. The van der Waals surface area contributed by atoms with E-state index >= 15 is 0 Å². The van der Waals surface area contributed by atoms with Gasteiger partial charge in [0.25, 0.3) is 0 Å². The number of benzene rings is 5. The molecule has 0 unspecified atom stereocenters. The van der Waals surface area contributed by atoms with Crippen molar-refractivity contribution in [3.63, 3.8) is 0 Å². The fourth-order valence-electron chi connectivity index (χ4n) is 4.78. The fourth-order valence-corrected chi connectivity index (χ4v) is 4.78. The molecule has 0 atom stereocenters. The molecule has 0 bridgehead atoms. The topological polar surface area (TPSA) is 38.3 Å². The molecule has 3 nitrogen and oxygen atoms in total. The summed E-state index contributed by atoms with van der Waals surface area (Å²) in [5, 5.41) is 8.03. The maximum atomic E-state index is 6.40. The van der Waals surface area contributed by atoms with Crippen LogP contribution in [0.3, 0.4) is 0 Å². The number of fused-ring (bicyclic) bond motifs is 6. The Kier molecular flexibility index (Phi) is 3.84. The summed E-state index contributed by atoms with van der Waals surface area (Å²) in [6.45, 7) is 0. The molecule has 0 fully saturated rings. The molecule has 7 rings (SSSR count). The van der Waals surface area contributed by atoms with Crippen LogP contribution in [0.4, 0.5) is 11.4 Å². The van der Waals surface area contributed by atoms with E-state index in [1.165, 1.54) is 5.56 Å². The van der Waals surface area contributed by atoms with Crippen molar-refractivity contribution in [1.29, 1.82) is 0 Å². The van der Waals surface area contributed by atoms with Gasteiger partial charge in [0.1, 0.15) is 11.2 Å². The Labute approximate surface area is 189 Å². The van der Waals surface area contributed by atoms with Crippen molar-refractivity contribution in [2.45, 2.75) is 0 Å². The molecule has 156 valence electrons. The van der Waals surface area contributed by atoms with Crippen LogP contribution in [0.25, 0.3) is 55.0 Å². The van der Waals surface area contributed by atoms with Crippen molar-refractivity contribution < 1.29 is 8.83 Å². The summed E-state index contributed by atoms with van der Waals surface area (Å²) in [6, 6.07) is 37.3. The van der Waals surface area contributed by atoms with Crippen molar-refractivity contribution in [2.24, 2.45) is 0 Å². The minimum absolute atomic E-state index is 0.839. The Bertz CT molecular complexity index is 1790. The number of hydrogen-bond donors (Lipinski definition) is 1. The van der Waals surface area contributed by atoms with Crippen LogP contribution in [0, 0.1) is 0 Å². The molecule has 0 amide bonds. The molecule has 3 heteroatoms. The molecular formula is C30H19NO2. The zero-order valence-corrected chi connectivity index (χ0v) is 17.7. The first-order valence-corrected chi connectivity index (χ1v) is 11.0. The van der Waals surface area contributed by atoms with Crippen molar-refractivity contribution in [1.82, 2.24) is 0 Å². The molecule has 0 aliphatic carbocycles. The summed E-state index contributed by atoms with van der Waals surface area (Å²) < 4.78 is 12.6. The lowest BCUT2D eigenvalue weighted by Crippen LogP contribution is -1.92. The summed E-state index contributed by atoms with van der Waals surface area (Å²) in [5.74, 6) is 0. The third-order valence-corrected chi connectivity index (χ3v) is 6.28. The summed E-state index contributed by atoms with van der Waals surface area (Å²) in [4.78, 5) is 0. The lowest BCUT2D eigenvalue weighted by molar-refractivity contribution is 0.668. The van der Waals surface area contributed by atoms with E-state index in [0.717, 1.165) is 60.8 Å². The first kappa shape index (κ1) is 18.1. The first-order chi connectivity index (χ1) is 16.4. The van der Waals surface area contributed by atoms with Crippen LogP contribution in [0.15, 0.2) is 118 Å². The highest BCUT2D eigenvalue weighted by molar-refractivity contribution is 6.17. The third-order valence-electron chi connectivity index (χ3n) is 6.28. The number of rotatable bonds is 3. The summed E-state index contributed by atoms with van der Waals surface area (Å²) >= 11 is 0. The standard InChI is InChI=1S/C30H19NO2/c1-2-9-19(10-3-1)20-17-18-25(30-28(20)23-12-5-7-16-27(23)33-30)31-24-14-8-13-22-21-11-4-6-15-26(21)32-29(22)24/h1-18,31H. The number of para-hydroxylation sites is 3. The molecule has 0 saturated heterocycles. The van der Waals surface area contributed by atoms with Crippen LogP contribution in [0.1, 0.15) is 0 Å². The van der Waals surface area contributed by atoms with Gasteiger partial charge in [0.15, 0.2) is 11.2 Å². The molecule has 5 aromatic carbocycles. The minimum atomic E-state index is 0.839. The normalized spacial score (nSPS) is 11.6. The Hall–Kier alpha value is -4.50. The van der Waals surface area contributed by atoms with Crippen molar-refractivity contribution >= 4 is 55.3 Å². The van der Waals surface area contributed by atoms with Crippen molar-refractivity contribution in [3.8, 4) is 11.1 Å². The predicted molar refractivity (Wildman–Crippen MR) is 136 cm³/mol. The van der Waals surface area contributed by atoms with E-state index in [0.29, 0.717) is 0 Å². The van der Waals surface area contributed by atoms with Crippen LogP contribution in [-0.4, -0.2) is 0 Å². The molecular weight excluding hydrogens is 406 g/mol. The molecule has 7 aromatic rings. The average molecular weight is 425 g/mol. The second-order valence-electron chi connectivity index (χ2n) is 8.23. The van der Waals surface area contributed by atoms with Gasteiger partial charge in [0, 0.05) is 21.5 Å². The second-order valence-corrected chi connectivity index (χ2v) is 8.23.